The highest BCUT2D eigenvalue weighted by Crippen LogP contribution is 2.27. The molecule has 2 aromatic rings. The number of anilines is 1. The van der Waals surface area contributed by atoms with E-state index in [0.29, 0.717) is 11.1 Å². The summed E-state index contributed by atoms with van der Waals surface area (Å²) >= 11 is 0. The number of esters is 1. The zero-order chi connectivity index (χ0) is 17.1. The lowest BCUT2D eigenvalue weighted by Crippen LogP contribution is -2.27. The third-order valence-electron chi connectivity index (χ3n) is 4.27. The minimum atomic E-state index is -0.371. The fraction of sp³-hybridized carbons (Fsp3) is 0.263. The highest BCUT2D eigenvalue weighted by molar-refractivity contribution is 6.01. The number of para-hydroxylation sites is 1. The molecule has 0 spiro atoms. The number of benzene rings is 2. The maximum Gasteiger partial charge on any atom is 0.337 e. The Morgan fingerprint density at radius 1 is 1.16 bits per heavy atom. The molecule has 1 atom stereocenters. The van der Waals surface area contributed by atoms with E-state index in [0.717, 1.165) is 24.2 Å². The van der Waals surface area contributed by atoms with Gasteiger partial charge in [0, 0.05) is 6.54 Å². The molecule has 0 fully saturated rings. The normalized spacial score (nSPS) is 13.0. The van der Waals surface area contributed by atoms with E-state index in [-0.39, 0.29) is 30.3 Å². The van der Waals surface area contributed by atoms with Gasteiger partial charge in [-0.15, -0.1) is 12.4 Å². The van der Waals surface area contributed by atoms with Crippen LogP contribution in [-0.2, 0) is 11.2 Å². The van der Waals surface area contributed by atoms with Gasteiger partial charge in [-0.2, -0.15) is 0 Å². The lowest BCUT2D eigenvalue weighted by Gasteiger charge is -2.16. The maximum absolute atomic E-state index is 12.6. The van der Waals surface area contributed by atoms with Crippen molar-refractivity contribution in [3.05, 3.63) is 64.7 Å². The molecular formula is C19H21ClN2O3. The molecule has 6 heteroatoms. The van der Waals surface area contributed by atoms with Crippen molar-refractivity contribution >= 4 is 30.0 Å². The molecule has 0 saturated carbocycles. The monoisotopic (exact) mass is 360 g/mol. The minimum Gasteiger partial charge on any atom is -0.465 e. The van der Waals surface area contributed by atoms with Crippen LogP contribution in [0.1, 0.15) is 44.8 Å². The van der Waals surface area contributed by atoms with E-state index in [1.807, 2.05) is 37.3 Å². The van der Waals surface area contributed by atoms with Crippen LogP contribution in [0.15, 0.2) is 42.5 Å². The SMILES string of the molecule is COC(=O)c1ccc([C@H](C)NC(=O)c2cccc3c2NCC3)cc1.Cl. The molecule has 0 unspecified atom stereocenters. The van der Waals surface area contributed by atoms with Crippen molar-refractivity contribution < 1.29 is 14.3 Å². The maximum atomic E-state index is 12.6. The number of hydrogen-bond donors (Lipinski definition) is 2. The standard InChI is InChI=1S/C19H20N2O3.ClH/c1-12(13-6-8-15(9-7-13)19(23)24-2)21-18(22)16-5-3-4-14-10-11-20-17(14)16;/h3-9,12,20H,10-11H2,1-2H3,(H,21,22);1H/t12-;/m0./s1. The number of nitrogens with one attached hydrogen (secondary N) is 2. The molecule has 5 nitrogen and oxygen atoms in total. The first-order chi connectivity index (χ1) is 11.6. The van der Waals surface area contributed by atoms with Crippen molar-refractivity contribution in [1.82, 2.24) is 5.32 Å². The zero-order valence-electron chi connectivity index (χ0n) is 14.2. The molecule has 1 aliphatic rings. The summed E-state index contributed by atoms with van der Waals surface area (Å²) in [6, 6.07) is 12.7. The number of halogens is 1. The van der Waals surface area contributed by atoms with Crippen molar-refractivity contribution in [3.63, 3.8) is 0 Å². The molecule has 132 valence electrons. The summed E-state index contributed by atoms with van der Waals surface area (Å²) < 4.78 is 4.69. The Morgan fingerprint density at radius 3 is 2.56 bits per heavy atom. The molecule has 0 aliphatic carbocycles. The zero-order valence-corrected chi connectivity index (χ0v) is 15.0. The van der Waals surface area contributed by atoms with E-state index in [2.05, 4.69) is 15.4 Å². The average molecular weight is 361 g/mol. The number of methoxy groups -OCH3 is 1. The Bertz CT molecular complexity index is 775. The molecule has 25 heavy (non-hydrogen) atoms. The minimum absolute atomic E-state index is 0. The van der Waals surface area contributed by atoms with Crippen LogP contribution in [0.3, 0.4) is 0 Å². The van der Waals surface area contributed by atoms with E-state index in [1.165, 1.54) is 12.7 Å². The second-order valence-electron chi connectivity index (χ2n) is 5.83. The largest absolute Gasteiger partial charge is 0.465 e. The van der Waals surface area contributed by atoms with E-state index >= 15 is 0 Å². The third kappa shape index (κ3) is 3.94. The Labute approximate surface area is 153 Å². The Balaban J connectivity index is 0.00000225. The van der Waals surface area contributed by atoms with Gasteiger partial charge in [0.15, 0.2) is 0 Å². The summed E-state index contributed by atoms with van der Waals surface area (Å²) in [5.74, 6) is -0.477. The number of amides is 1. The van der Waals surface area contributed by atoms with Crippen molar-refractivity contribution in [3.8, 4) is 0 Å². The first-order valence-electron chi connectivity index (χ1n) is 7.95. The van der Waals surface area contributed by atoms with Gasteiger partial charge in [-0.05, 0) is 42.7 Å². The molecule has 1 aliphatic heterocycles. The first kappa shape index (κ1) is 18.8. The van der Waals surface area contributed by atoms with Gasteiger partial charge in [-0.1, -0.05) is 24.3 Å². The predicted octanol–water partition coefficient (Wildman–Crippen LogP) is 3.35. The Kier molecular flexibility index (Phi) is 6.04. The number of carbonyl (C=O) groups excluding carboxylic acids is 2. The molecule has 0 radical (unpaired) electrons. The average Bonchev–Trinajstić information content (AvgIpc) is 3.09. The van der Waals surface area contributed by atoms with Gasteiger partial charge in [0.2, 0.25) is 0 Å². The van der Waals surface area contributed by atoms with Gasteiger partial charge in [0.1, 0.15) is 0 Å². The van der Waals surface area contributed by atoms with Gasteiger partial charge in [0.25, 0.3) is 5.91 Å². The number of rotatable bonds is 4. The topological polar surface area (TPSA) is 67.4 Å². The highest BCUT2D eigenvalue weighted by Gasteiger charge is 2.20. The summed E-state index contributed by atoms with van der Waals surface area (Å²) in [4.78, 5) is 24.1. The first-order valence-corrected chi connectivity index (χ1v) is 7.95. The summed E-state index contributed by atoms with van der Waals surface area (Å²) in [7, 11) is 1.35. The lowest BCUT2D eigenvalue weighted by atomic mass is 10.0. The molecule has 0 aromatic heterocycles. The van der Waals surface area contributed by atoms with Crippen LogP contribution in [-0.4, -0.2) is 25.5 Å². The van der Waals surface area contributed by atoms with E-state index in [1.54, 1.807) is 12.1 Å². The van der Waals surface area contributed by atoms with Gasteiger partial charge in [0.05, 0.1) is 30.0 Å². The van der Waals surface area contributed by atoms with Crippen molar-refractivity contribution in [1.29, 1.82) is 0 Å². The Morgan fingerprint density at radius 2 is 1.88 bits per heavy atom. The molecule has 2 N–H and O–H groups in total. The highest BCUT2D eigenvalue weighted by atomic mass is 35.5. The summed E-state index contributed by atoms with van der Waals surface area (Å²) in [5, 5.41) is 6.29. The molecule has 1 heterocycles. The summed E-state index contributed by atoms with van der Waals surface area (Å²) in [6.45, 7) is 2.78. The van der Waals surface area contributed by atoms with Crippen LogP contribution in [0, 0.1) is 0 Å². The third-order valence-corrected chi connectivity index (χ3v) is 4.27. The smallest absolute Gasteiger partial charge is 0.337 e. The van der Waals surface area contributed by atoms with Gasteiger partial charge in [-0.25, -0.2) is 4.79 Å². The molecule has 0 saturated heterocycles. The fourth-order valence-electron chi connectivity index (χ4n) is 2.91. The van der Waals surface area contributed by atoms with Gasteiger partial charge in [-0.3, -0.25) is 4.79 Å². The van der Waals surface area contributed by atoms with Crippen LogP contribution >= 0.6 is 12.4 Å². The molecule has 2 aromatic carbocycles. The predicted molar refractivity (Wildman–Crippen MR) is 99.5 cm³/mol. The van der Waals surface area contributed by atoms with Crippen LogP contribution in [0.2, 0.25) is 0 Å². The molecule has 1 amide bonds. The number of ether oxygens (including phenoxy) is 1. The van der Waals surface area contributed by atoms with Crippen LogP contribution < -0.4 is 10.6 Å². The van der Waals surface area contributed by atoms with Crippen molar-refractivity contribution in [2.24, 2.45) is 0 Å². The van der Waals surface area contributed by atoms with Crippen LogP contribution in [0.5, 0.6) is 0 Å². The van der Waals surface area contributed by atoms with E-state index < -0.39 is 0 Å². The number of carbonyl (C=O) groups is 2. The van der Waals surface area contributed by atoms with Crippen molar-refractivity contribution in [2.45, 2.75) is 19.4 Å². The summed E-state index contributed by atoms with van der Waals surface area (Å²) in [5.41, 5.74) is 4.20. The van der Waals surface area contributed by atoms with Gasteiger partial charge < -0.3 is 15.4 Å². The molecule has 3 rings (SSSR count). The second-order valence-corrected chi connectivity index (χ2v) is 5.83. The molecule has 0 bridgehead atoms. The lowest BCUT2D eigenvalue weighted by molar-refractivity contribution is 0.0600. The quantitative estimate of drug-likeness (QED) is 0.820. The number of hydrogen-bond acceptors (Lipinski definition) is 4. The number of fused-ring (bicyclic) bond motifs is 1. The summed E-state index contributed by atoms with van der Waals surface area (Å²) in [6.07, 6.45) is 0.945. The second kappa shape index (κ2) is 8.03. The van der Waals surface area contributed by atoms with Gasteiger partial charge >= 0.3 is 5.97 Å². The van der Waals surface area contributed by atoms with Crippen LogP contribution in [0.4, 0.5) is 5.69 Å². The van der Waals surface area contributed by atoms with Crippen LogP contribution in [0.25, 0.3) is 0 Å². The fourth-order valence-corrected chi connectivity index (χ4v) is 2.91. The molecular weight excluding hydrogens is 340 g/mol. The van der Waals surface area contributed by atoms with E-state index in [4.69, 9.17) is 0 Å². The van der Waals surface area contributed by atoms with Crippen molar-refractivity contribution in [2.75, 3.05) is 19.0 Å². The Hall–Kier alpha value is -2.53. The van der Waals surface area contributed by atoms with E-state index in [9.17, 15) is 9.59 Å².